The summed E-state index contributed by atoms with van der Waals surface area (Å²) in [6, 6.07) is 13.8. The van der Waals surface area contributed by atoms with E-state index in [4.69, 9.17) is 14.2 Å². The van der Waals surface area contributed by atoms with Crippen molar-refractivity contribution >= 4 is 12.0 Å². The van der Waals surface area contributed by atoms with Gasteiger partial charge < -0.3 is 19.5 Å². The molecule has 1 heterocycles. The Morgan fingerprint density at radius 3 is 2.47 bits per heavy atom. The lowest BCUT2D eigenvalue weighted by molar-refractivity contribution is -0.117. The van der Waals surface area contributed by atoms with Crippen LogP contribution in [-0.4, -0.2) is 57.9 Å². The Hall–Kier alpha value is -2.83. The normalized spacial score (nSPS) is 15.7. The molecule has 1 N–H and O–H groups in total. The van der Waals surface area contributed by atoms with E-state index in [9.17, 15) is 4.79 Å². The monoisotopic (exact) mass is 410 g/mol. The fourth-order valence-electron chi connectivity index (χ4n) is 3.42. The number of nitrogens with one attached hydrogen (secondary N) is 1. The van der Waals surface area contributed by atoms with Crippen LogP contribution in [0.5, 0.6) is 11.5 Å². The van der Waals surface area contributed by atoms with Crippen molar-refractivity contribution in [3.05, 3.63) is 65.2 Å². The van der Waals surface area contributed by atoms with Crippen molar-refractivity contribution in [1.29, 1.82) is 0 Å². The van der Waals surface area contributed by atoms with Crippen LogP contribution in [-0.2, 0) is 9.53 Å². The van der Waals surface area contributed by atoms with Crippen LogP contribution in [0.3, 0.4) is 0 Å². The number of hydrogen-bond acceptors (Lipinski definition) is 5. The summed E-state index contributed by atoms with van der Waals surface area (Å²) in [6.07, 6.45) is 3.33. The van der Waals surface area contributed by atoms with Gasteiger partial charge in [0.15, 0.2) is 11.5 Å². The summed E-state index contributed by atoms with van der Waals surface area (Å²) in [4.78, 5) is 15.0. The molecule has 0 saturated carbocycles. The second-order valence-electron chi connectivity index (χ2n) is 7.33. The third-order valence-corrected chi connectivity index (χ3v) is 5.18. The fourth-order valence-corrected chi connectivity index (χ4v) is 3.42. The molecule has 0 bridgehead atoms. The topological polar surface area (TPSA) is 60.0 Å². The molecule has 0 unspecified atom stereocenters. The van der Waals surface area contributed by atoms with Crippen LogP contribution in [0.1, 0.15) is 22.7 Å². The van der Waals surface area contributed by atoms with Crippen LogP contribution in [0.2, 0.25) is 0 Å². The van der Waals surface area contributed by atoms with E-state index < -0.39 is 0 Å². The van der Waals surface area contributed by atoms with Crippen molar-refractivity contribution in [1.82, 2.24) is 10.2 Å². The third-order valence-electron chi connectivity index (χ3n) is 5.18. The van der Waals surface area contributed by atoms with Crippen LogP contribution in [0.4, 0.5) is 0 Å². The highest BCUT2D eigenvalue weighted by molar-refractivity contribution is 5.92. The zero-order chi connectivity index (χ0) is 21.3. The number of morpholine rings is 1. The number of benzene rings is 2. The molecular weight excluding hydrogens is 380 g/mol. The minimum atomic E-state index is -0.136. The zero-order valence-corrected chi connectivity index (χ0v) is 17.9. The molecule has 2 aromatic carbocycles. The predicted octanol–water partition coefficient (Wildman–Crippen LogP) is 3.22. The highest BCUT2D eigenvalue weighted by Crippen LogP contribution is 2.28. The highest BCUT2D eigenvalue weighted by atomic mass is 16.5. The van der Waals surface area contributed by atoms with Gasteiger partial charge in [-0.15, -0.1) is 0 Å². The SMILES string of the molecule is COc1ccc(/C=C/C(=O)N[C@H](CN2CCOCC2)c2ccc(C)cc2)cc1OC. The molecule has 1 aliphatic rings. The average molecular weight is 411 g/mol. The molecule has 2 aromatic rings. The summed E-state index contributed by atoms with van der Waals surface area (Å²) in [5.41, 5.74) is 3.16. The van der Waals surface area contributed by atoms with Crippen LogP contribution in [0, 0.1) is 6.92 Å². The number of methoxy groups -OCH3 is 2. The summed E-state index contributed by atoms with van der Waals surface area (Å²) in [5.74, 6) is 1.15. The lowest BCUT2D eigenvalue weighted by Crippen LogP contribution is -2.42. The number of aryl methyl sites for hydroxylation is 1. The van der Waals surface area contributed by atoms with Gasteiger partial charge in [-0.3, -0.25) is 9.69 Å². The maximum absolute atomic E-state index is 12.7. The van der Waals surface area contributed by atoms with Crippen LogP contribution < -0.4 is 14.8 Å². The first-order valence-electron chi connectivity index (χ1n) is 10.2. The van der Waals surface area contributed by atoms with Gasteiger partial charge in [-0.05, 0) is 36.3 Å². The summed E-state index contributed by atoms with van der Waals surface area (Å²) >= 11 is 0. The van der Waals surface area contributed by atoms with E-state index in [2.05, 4.69) is 41.4 Å². The summed E-state index contributed by atoms with van der Waals surface area (Å²) < 4.78 is 16.0. The molecule has 3 rings (SSSR count). The van der Waals surface area contributed by atoms with E-state index in [1.165, 1.54) is 5.56 Å². The van der Waals surface area contributed by atoms with E-state index in [-0.39, 0.29) is 11.9 Å². The molecule has 1 atom stereocenters. The summed E-state index contributed by atoms with van der Waals surface area (Å²) in [6.45, 7) is 6.02. The average Bonchev–Trinajstić information content (AvgIpc) is 2.78. The Labute approximate surface area is 178 Å². The number of hydrogen-bond donors (Lipinski definition) is 1. The lowest BCUT2D eigenvalue weighted by atomic mass is 10.0. The highest BCUT2D eigenvalue weighted by Gasteiger charge is 2.19. The smallest absolute Gasteiger partial charge is 0.244 e. The molecule has 160 valence electrons. The Morgan fingerprint density at radius 1 is 1.10 bits per heavy atom. The molecule has 6 heteroatoms. The largest absolute Gasteiger partial charge is 0.493 e. The minimum absolute atomic E-state index is 0.0914. The van der Waals surface area contributed by atoms with Crippen molar-refractivity contribution < 1.29 is 19.0 Å². The zero-order valence-electron chi connectivity index (χ0n) is 17.9. The first-order chi connectivity index (χ1) is 14.6. The quantitative estimate of drug-likeness (QED) is 0.677. The van der Waals surface area contributed by atoms with Gasteiger partial charge in [0.2, 0.25) is 5.91 Å². The first kappa shape index (κ1) is 21.9. The maximum atomic E-state index is 12.7. The Balaban J connectivity index is 1.70. The second-order valence-corrected chi connectivity index (χ2v) is 7.33. The van der Waals surface area contributed by atoms with E-state index in [0.29, 0.717) is 11.5 Å². The Bertz CT molecular complexity index is 858. The van der Waals surface area contributed by atoms with E-state index >= 15 is 0 Å². The van der Waals surface area contributed by atoms with Crippen molar-refractivity contribution in [2.45, 2.75) is 13.0 Å². The summed E-state index contributed by atoms with van der Waals surface area (Å²) in [7, 11) is 3.19. The molecule has 0 aromatic heterocycles. The number of amides is 1. The molecule has 0 aliphatic carbocycles. The second kappa shape index (κ2) is 10.8. The van der Waals surface area contributed by atoms with Gasteiger partial charge in [-0.2, -0.15) is 0 Å². The molecule has 6 nitrogen and oxygen atoms in total. The van der Waals surface area contributed by atoms with Gasteiger partial charge in [-0.1, -0.05) is 35.9 Å². The Kier molecular flexibility index (Phi) is 7.88. The molecule has 1 fully saturated rings. The maximum Gasteiger partial charge on any atom is 0.244 e. The molecule has 0 radical (unpaired) electrons. The van der Waals surface area contributed by atoms with Crippen molar-refractivity contribution in [3.63, 3.8) is 0 Å². The first-order valence-corrected chi connectivity index (χ1v) is 10.2. The van der Waals surface area contributed by atoms with E-state index in [1.54, 1.807) is 26.4 Å². The lowest BCUT2D eigenvalue weighted by Gasteiger charge is -2.31. The number of ether oxygens (including phenoxy) is 3. The van der Waals surface area contributed by atoms with Gasteiger partial charge >= 0.3 is 0 Å². The van der Waals surface area contributed by atoms with Gasteiger partial charge in [0.25, 0.3) is 0 Å². The molecule has 1 amide bonds. The van der Waals surface area contributed by atoms with Crippen LogP contribution in [0.15, 0.2) is 48.5 Å². The van der Waals surface area contributed by atoms with Crippen molar-refractivity contribution in [3.8, 4) is 11.5 Å². The van der Waals surface area contributed by atoms with Crippen LogP contribution in [0.25, 0.3) is 6.08 Å². The van der Waals surface area contributed by atoms with Crippen molar-refractivity contribution in [2.75, 3.05) is 47.1 Å². The Morgan fingerprint density at radius 2 is 1.80 bits per heavy atom. The third kappa shape index (κ3) is 6.08. The standard InChI is InChI=1S/C24H30N2O4/c1-18-4-8-20(9-5-18)21(17-26-12-14-30-15-13-26)25-24(27)11-7-19-6-10-22(28-2)23(16-19)29-3/h4-11,16,21H,12-15,17H2,1-3H3,(H,25,27)/b11-7+/t21-/m1/s1. The number of carbonyl (C=O) groups excluding carboxylic acids is 1. The molecule has 1 saturated heterocycles. The molecular formula is C24H30N2O4. The van der Waals surface area contributed by atoms with Gasteiger partial charge in [-0.25, -0.2) is 0 Å². The van der Waals surface area contributed by atoms with E-state index in [0.717, 1.165) is 44.0 Å². The molecule has 30 heavy (non-hydrogen) atoms. The van der Waals surface area contributed by atoms with Gasteiger partial charge in [0.1, 0.15) is 0 Å². The minimum Gasteiger partial charge on any atom is -0.493 e. The van der Waals surface area contributed by atoms with Crippen molar-refractivity contribution in [2.24, 2.45) is 0 Å². The summed E-state index contributed by atoms with van der Waals surface area (Å²) in [5, 5.41) is 3.16. The molecule has 0 spiro atoms. The van der Waals surface area contributed by atoms with Crippen LogP contribution >= 0.6 is 0 Å². The van der Waals surface area contributed by atoms with Gasteiger partial charge in [0, 0.05) is 25.7 Å². The number of nitrogens with zero attached hydrogens (tertiary/aromatic N) is 1. The van der Waals surface area contributed by atoms with E-state index in [1.807, 2.05) is 18.2 Å². The number of carbonyl (C=O) groups is 1. The molecule has 1 aliphatic heterocycles. The predicted molar refractivity (Wildman–Crippen MR) is 118 cm³/mol. The van der Waals surface area contributed by atoms with Gasteiger partial charge in [0.05, 0.1) is 33.5 Å². The fraction of sp³-hybridized carbons (Fsp3) is 0.375. The number of rotatable bonds is 8.